The van der Waals surface area contributed by atoms with E-state index in [9.17, 15) is 34.2 Å². The number of aliphatic hydroxyl groups excluding tert-OH is 1. The molecule has 0 bridgehead atoms. The molecule has 1 fully saturated rings. The monoisotopic (exact) mass is 457 g/mol. The van der Waals surface area contributed by atoms with Crippen molar-refractivity contribution in [2.24, 2.45) is 5.73 Å². The van der Waals surface area contributed by atoms with E-state index in [2.05, 4.69) is 16.0 Å². The van der Waals surface area contributed by atoms with Gasteiger partial charge in [-0.3, -0.25) is 19.2 Å². The highest BCUT2D eigenvalue weighted by Gasteiger charge is 2.38. The first-order chi connectivity index (χ1) is 15.2. The van der Waals surface area contributed by atoms with Gasteiger partial charge in [0, 0.05) is 13.5 Å². The molecule has 32 heavy (non-hydrogen) atoms. The Labute approximate surface area is 187 Å². The number of nitrogens with two attached hydrogens (primary N) is 1. The van der Waals surface area contributed by atoms with E-state index in [1.165, 1.54) is 11.8 Å². The summed E-state index contributed by atoms with van der Waals surface area (Å²) in [7, 11) is 0. The highest BCUT2D eigenvalue weighted by atomic mass is 16.4. The average Bonchev–Trinajstić information content (AvgIpc) is 3.24. The standard InChI is InChI=1S/C20H35N5O7/c1-3-13(23-18(29)15(11-26)22-12(2)27)17(28)24-14(7-4-5-9-21)19(30)25-10-6-8-16(25)20(31)32/h13-16,26H,3-11,21H2,1-2H3,(H,22,27)(H,23,29)(H,24,28)(H,31,32)/t13-,14-,15-,16-/m0/s1. The second-order valence-electron chi connectivity index (χ2n) is 7.78. The molecule has 1 aliphatic heterocycles. The summed E-state index contributed by atoms with van der Waals surface area (Å²) in [6.45, 7) is 2.91. The minimum absolute atomic E-state index is 0.195. The van der Waals surface area contributed by atoms with E-state index in [0.717, 1.165) is 0 Å². The molecule has 1 aliphatic rings. The van der Waals surface area contributed by atoms with Gasteiger partial charge in [-0.15, -0.1) is 0 Å². The Bertz CT molecular complexity index is 687. The van der Waals surface area contributed by atoms with Gasteiger partial charge in [0.25, 0.3) is 0 Å². The Kier molecular flexibility index (Phi) is 11.6. The molecule has 0 aliphatic carbocycles. The molecule has 4 amide bonds. The van der Waals surface area contributed by atoms with Gasteiger partial charge in [-0.05, 0) is 45.1 Å². The summed E-state index contributed by atoms with van der Waals surface area (Å²) >= 11 is 0. The fourth-order valence-electron chi connectivity index (χ4n) is 3.57. The molecule has 12 heteroatoms. The van der Waals surface area contributed by atoms with Crippen LogP contribution in [0.4, 0.5) is 0 Å². The van der Waals surface area contributed by atoms with Gasteiger partial charge < -0.3 is 36.8 Å². The molecule has 7 N–H and O–H groups in total. The number of unbranched alkanes of at least 4 members (excludes halogenated alkanes) is 1. The molecular weight excluding hydrogens is 422 g/mol. The van der Waals surface area contributed by atoms with Gasteiger partial charge in [-0.25, -0.2) is 4.79 Å². The molecular formula is C20H35N5O7. The minimum Gasteiger partial charge on any atom is -0.480 e. The Hall–Kier alpha value is -2.73. The number of likely N-dealkylation sites (tertiary alicyclic amines) is 1. The maximum Gasteiger partial charge on any atom is 0.326 e. The van der Waals surface area contributed by atoms with Crippen molar-refractivity contribution in [1.29, 1.82) is 0 Å². The predicted molar refractivity (Wildman–Crippen MR) is 114 cm³/mol. The molecule has 1 saturated heterocycles. The Balaban J connectivity index is 2.90. The van der Waals surface area contributed by atoms with Gasteiger partial charge >= 0.3 is 5.97 Å². The first-order valence-corrected chi connectivity index (χ1v) is 10.9. The summed E-state index contributed by atoms with van der Waals surface area (Å²) in [5, 5.41) is 26.1. The van der Waals surface area contributed by atoms with Gasteiger partial charge in [-0.2, -0.15) is 0 Å². The number of hydrogen-bond acceptors (Lipinski definition) is 7. The number of carbonyl (C=O) groups excluding carboxylic acids is 4. The predicted octanol–water partition coefficient (Wildman–Crippen LogP) is -1.93. The molecule has 0 spiro atoms. The number of rotatable bonds is 13. The average molecular weight is 458 g/mol. The van der Waals surface area contributed by atoms with Crippen LogP contribution in [0, 0.1) is 0 Å². The van der Waals surface area contributed by atoms with E-state index in [1.54, 1.807) is 6.92 Å². The lowest BCUT2D eigenvalue weighted by molar-refractivity contribution is -0.149. The molecule has 0 saturated carbocycles. The lowest BCUT2D eigenvalue weighted by Gasteiger charge is -2.29. The first kappa shape index (κ1) is 27.3. The summed E-state index contributed by atoms with van der Waals surface area (Å²) in [5.41, 5.74) is 5.52. The quantitative estimate of drug-likeness (QED) is 0.172. The van der Waals surface area contributed by atoms with E-state index in [1.807, 2.05) is 0 Å². The van der Waals surface area contributed by atoms with E-state index in [4.69, 9.17) is 5.73 Å². The maximum absolute atomic E-state index is 13.0. The Morgan fingerprint density at radius 2 is 1.66 bits per heavy atom. The normalized spacial score (nSPS) is 18.4. The van der Waals surface area contributed by atoms with Crippen LogP contribution in [0.3, 0.4) is 0 Å². The summed E-state index contributed by atoms with van der Waals surface area (Å²) in [4.78, 5) is 62.1. The van der Waals surface area contributed by atoms with E-state index >= 15 is 0 Å². The second kappa shape index (κ2) is 13.6. The fraction of sp³-hybridized carbons (Fsp3) is 0.750. The van der Waals surface area contributed by atoms with Crippen LogP contribution >= 0.6 is 0 Å². The van der Waals surface area contributed by atoms with Gasteiger partial charge in [0.2, 0.25) is 23.6 Å². The summed E-state index contributed by atoms with van der Waals surface area (Å²) < 4.78 is 0. The van der Waals surface area contributed by atoms with Crippen molar-refractivity contribution in [3.63, 3.8) is 0 Å². The fourth-order valence-corrected chi connectivity index (χ4v) is 3.57. The van der Waals surface area contributed by atoms with Crippen LogP contribution in [0.2, 0.25) is 0 Å². The Morgan fingerprint density at radius 1 is 1.03 bits per heavy atom. The van der Waals surface area contributed by atoms with Crippen LogP contribution in [0.15, 0.2) is 0 Å². The molecule has 4 atom stereocenters. The van der Waals surface area contributed by atoms with Crippen molar-refractivity contribution in [2.45, 2.75) is 76.5 Å². The lowest BCUT2D eigenvalue weighted by atomic mass is 10.1. The van der Waals surface area contributed by atoms with Crippen LogP contribution in [-0.4, -0.2) is 88.6 Å². The van der Waals surface area contributed by atoms with Gasteiger partial charge in [0.05, 0.1) is 6.61 Å². The number of amides is 4. The van der Waals surface area contributed by atoms with Crippen LogP contribution in [0.25, 0.3) is 0 Å². The summed E-state index contributed by atoms with van der Waals surface area (Å²) in [6.07, 6.45) is 2.57. The molecule has 0 unspecified atom stereocenters. The molecule has 0 aromatic rings. The van der Waals surface area contributed by atoms with Crippen molar-refractivity contribution >= 4 is 29.6 Å². The maximum atomic E-state index is 13.0. The van der Waals surface area contributed by atoms with E-state index in [0.29, 0.717) is 38.8 Å². The molecule has 182 valence electrons. The third-order valence-corrected chi connectivity index (χ3v) is 5.30. The van der Waals surface area contributed by atoms with Crippen LogP contribution in [0.5, 0.6) is 0 Å². The third kappa shape index (κ3) is 8.08. The highest BCUT2D eigenvalue weighted by molar-refractivity contribution is 5.95. The number of carboxylic acid groups (broad SMARTS) is 1. The number of aliphatic carboxylic acids is 1. The molecule has 1 rings (SSSR count). The number of nitrogens with zero attached hydrogens (tertiary/aromatic N) is 1. The second-order valence-corrected chi connectivity index (χ2v) is 7.78. The summed E-state index contributed by atoms with van der Waals surface area (Å²) in [6, 6.07) is -4.11. The van der Waals surface area contributed by atoms with E-state index < -0.39 is 60.4 Å². The molecule has 0 aromatic heterocycles. The lowest BCUT2D eigenvalue weighted by Crippen LogP contribution is -2.58. The zero-order valence-electron chi connectivity index (χ0n) is 18.6. The van der Waals surface area contributed by atoms with Gasteiger partial charge in [-0.1, -0.05) is 6.92 Å². The molecule has 12 nitrogen and oxygen atoms in total. The smallest absolute Gasteiger partial charge is 0.326 e. The van der Waals surface area contributed by atoms with E-state index in [-0.39, 0.29) is 12.8 Å². The van der Waals surface area contributed by atoms with Crippen LogP contribution < -0.4 is 21.7 Å². The minimum atomic E-state index is -1.21. The SMILES string of the molecule is CC[C@H](NC(=O)[C@H](CO)NC(C)=O)C(=O)N[C@@H](CCCCN)C(=O)N1CCC[C@H]1C(=O)O. The van der Waals surface area contributed by atoms with Crippen molar-refractivity contribution in [1.82, 2.24) is 20.9 Å². The largest absolute Gasteiger partial charge is 0.480 e. The van der Waals surface area contributed by atoms with Crippen LogP contribution in [-0.2, 0) is 24.0 Å². The van der Waals surface area contributed by atoms with Crippen molar-refractivity contribution in [2.75, 3.05) is 19.7 Å². The molecule has 1 heterocycles. The Morgan fingerprint density at radius 3 is 2.19 bits per heavy atom. The zero-order chi connectivity index (χ0) is 24.3. The molecule has 0 radical (unpaired) electrons. The van der Waals surface area contributed by atoms with Gasteiger partial charge in [0.1, 0.15) is 24.2 Å². The molecule has 0 aromatic carbocycles. The number of carboxylic acids is 1. The zero-order valence-corrected chi connectivity index (χ0v) is 18.6. The topological polar surface area (TPSA) is 191 Å². The van der Waals surface area contributed by atoms with Crippen molar-refractivity contribution in [3.05, 3.63) is 0 Å². The highest BCUT2D eigenvalue weighted by Crippen LogP contribution is 2.20. The van der Waals surface area contributed by atoms with Crippen LogP contribution in [0.1, 0.15) is 52.4 Å². The third-order valence-electron chi connectivity index (χ3n) is 5.30. The van der Waals surface area contributed by atoms with Gasteiger partial charge in [0.15, 0.2) is 0 Å². The number of hydrogen-bond donors (Lipinski definition) is 6. The summed E-state index contributed by atoms with van der Waals surface area (Å²) in [5.74, 6) is -3.43. The van der Waals surface area contributed by atoms with Crippen molar-refractivity contribution < 1.29 is 34.2 Å². The number of nitrogens with one attached hydrogen (secondary N) is 3. The number of carbonyl (C=O) groups is 5. The van der Waals surface area contributed by atoms with Crippen molar-refractivity contribution in [3.8, 4) is 0 Å². The first-order valence-electron chi connectivity index (χ1n) is 10.9. The number of aliphatic hydroxyl groups is 1.